The monoisotopic (exact) mass is 424 g/mol. The molecule has 5 nitrogen and oxygen atoms in total. The van der Waals surface area contributed by atoms with Crippen LogP contribution in [0.4, 0.5) is 5.69 Å². The number of aliphatic hydroxyl groups is 1. The number of amides is 1. The van der Waals surface area contributed by atoms with E-state index in [0.29, 0.717) is 11.3 Å². The largest absolute Gasteiger partial charge is 0.507 e. The van der Waals surface area contributed by atoms with Crippen LogP contribution in [0.15, 0.2) is 72.6 Å². The summed E-state index contributed by atoms with van der Waals surface area (Å²) in [6, 6.07) is 16.1. The first-order valence-electron chi connectivity index (χ1n) is 10.9. The number of anilines is 1. The Morgan fingerprint density at radius 2 is 1.62 bits per heavy atom. The lowest BCUT2D eigenvalue weighted by molar-refractivity contribution is -0.132. The van der Waals surface area contributed by atoms with Crippen LogP contribution in [-0.4, -0.2) is 21.8 Å². The lowest BCUT2D eigenvalue weighted by Crippen LogP contribution is -2.29. The van der Waals surface area contributed by atoms with Crippen molar-refractivity contribution in [2.45, 2.75) is 38.6 Å². The first-order valence-corrected chi connectivity index (χ1v) is 10.9. The number of aromatic nitrogens is 1. The topological polar surface area (TPSA) is 70.5 Å². The predicted octanol–water partition coefficient (Wildman–Crippen LogP) is 4.90. The highest BCUT2D eigenvalue weighted by Crippen LogP contribution is 2.42. The van der Waals surface area contributed by atoms with Gasteiger partial charge < -0.3 is 5.11 Å². The molecule has 2 aromatic carbocycles. The third kappa shape index (κ3) is 3.40. The third-order valence-electron chi connectivity index (χ3n) is 6.40. The Kier molecular flexibility index (Phi) is 5.10. The average molecular weight is 425 g/mol. The second-order valence-corrected chi connectivity index (χ2v) is 8.48. The Hall–Kier alpha value is -3.73. The zero-order chi connectivity index (χ0) is 22.2. The van der Waals surface area contributed by atoms with E-state index in [0.717, 1.165) is 30.4 Å². The molecule has 5 rings (SSSR count). The van der Waals surface area contributed by atoms with Gasteiger partial charge in [-0.3, -0.25) is 19.5 Å². The van der Waals surface area contributed by atoms with Crippen LogP contribution in [0.25, 0.3) is 5.76 Å². The van der Waals surface area contributed by atoms with Crippen molar-refractivity contribution in [3.63, 3.8) is 0 Å². The minimum Gasteiger partial charge on any atom is -0.507 e. The summed E-state index contributed by atoms with van der Waals surface area (Å²) in [7, 11) is 0. The molecule has 2 aliphatic rings. The number of aryl methyl sites for hydroxylation is 3. The summed E-state index contributed by atoms with van der Waals surface area (Å²) in [5.74, 6) is -1.45. The van der Waals surface area contributed by atoms with Gasteiger partial charge in [0.2, 0.25) is 0 Å². The number of hydrogen-bond donors (Lipinski definition) is 1. The Morgan fingerprint density at radius 1 is 0.938 bits per heavy atom. The molecule has 1 N–H and O–H groups in total. The van der Waals surface area contributed by atoms with E-state index in [1.54, 1.807) is 24.5 Å². The van der Waals surface area contributed by atoms with Crippen molar-refractivity contribution < 1.29 is 14.7 Å². The summed E-state index contributed by atoms with van der Waals surface area (Å²) in [6.07, 6.45) is 7.54. The van der Waals surface area contributed by atoms with E-state index in [1.165, 1.54) is 22.4 Å². The zero-order valence-corrected chi connectivity index (χ0v) is 17.9. The molecule has 0 bridgehead atoms. The van der Waals surface area contributed by atoms with Crippen LogP contribution in [0.1, 0.15) is 46.7 Å². The Bertz CT molecular complexity index is 1230. The van der Waals surface area contributed by atoms with E-state index in [1.807, 2.05) is 49.4 Å². The minimum atomic E-state index is -0.725. The van der Waals surface area contributed by atoms with E-state index in [9.17, 15) is 14.7 Å². The molecule has 2 heterocycles. The van der Waals surface area contributed by atoms with Crippen LogP contribution in [0, 0.1) is 6.92 Å². The number of hydrogen-bond acceptors (Lipinski definition) is 4. The summed E-state index contributed by atoms with van der Waals surface area (Å²) in [5.41, 5.74) is 5.57. The molecule has 3 aromatic rings. The SMILES string of the molecule is Cc1ccc(N2C(=O)C(=O)/C(=C(\O)c3ccc4c(c3)CCCC4)C2c2ccncc2)cc1. The fraction of sp³-hybridized carbons (Fsp3) is 0.222. The fourth-order valence-corrected chi connectivity index (χ4v) is 4.70. The summed E-state index contributed by atoms with van der Waals surface area (Å²) in [4.78, 5) is 31.9. The summed E-state index contributed by atoms with van der Waals surface area (Å²) >= 11 is 0. The number of aliphatic hydroxyl groups excluding tert-OH is 1. The van der Waals surface area contributed by atoms with Crippen molar-refractivity contribution >= 4 is 23.1 Å². The molecule has 1 aromatic heterocycles. The summed E-state index contributed by atoms with van der Waals surface area (Å²) < 4.78 is 0. The molecule has 32 heavy (non-hydrogen) atoms. The second kappa shape index (κ2) is 8.08. The van der Waals surface area contributed by atoms with Gasteiger partial charge in [0.05, 0.1) is 11.6 Å². The van der Waals surface area contributed by atoms with Gasteiger partial charge in [0.1, 0.15) is 5.76 Å². The fourth-order valence-electron chi connectivity index (χ4n) is 4.70. The molecule has 0 radical (unpaired) electrons. The highest BCUT2D eigenvalue weighted by molar-refractivity contribution is 6.51. The summed E-state index contributed by atoms with van der Waals surface area (Å²) in [5, 5.41) is 11.3. The van der Waals surface area contributed by atoms with E-state index < -0.39 is 17.7 Å². The normalized spacial score (nSPS) is 19.8. The zero-order valence-electron chi connectivity index (χ0n) is 17.9. The maximum absolute atomic E-state index is 13.2. The highest BCUT2D eigenvalue weighted by Gasteiger charge is 2.47. The van der Waals surface area contributed by atoms with E-state index >= 15 is 0 Å². The molecule has 1 unspecified atom stereocenters. The van der Waals surface area contributed by atoms with Crippen molar-refractivity contribution in [2.75, 3.05) is 4.90 Å². The molecule has 5 heteroatoms. The number of pyridine rings is 1. The number of rotatable bonds is 3. The molecule has 0 spiro atoms. The number of carbonyl (C=O) groups is 2. The number of Topliss-reactive ketones (excluding diaryl/α,β-unsaturated/α-hetero) is 1. The lowest BCUT2D eigenvalue weighted by Gasteiger charge is -2.25. The summed E-state index contributed by atoms with van der Waals surface area (Å²) in [6.45, 7) is 1.97. The molecule has 1 amide bonds. The van der Waals surface area contributed by atoms with Gasteiger partial charge in [-0.05, 0) is 79.6 Å². The van der Waals surface area contributed by atoms with Crippen LogP contribution < -0.4 is 4.90 Å². The van der Waals surface area contributed by atoms with Crippen LogP contribution >= 0.6 is 0 Å². The van der Waals surface area contributed by atoms with Gasteiger partial charge in [-0.15, -0.1) is 0 Å². The van der Waals surface area contributed by atoms with Gasteiger partial charge >= 0.3 is 0 Å². The van der Waals surface area contributed by atoms with Crippen LogP contribution in [0.3, 0.4) is 0 Å². The predicted molar refractivity (Wildman–Crippen MR) is 123 cm³/mol. The van der Waals surface area contributed by atoms with Crippen molar-refractivity contribution in [3.05, 3.63) is 100 Å². The first kappa shape index (κ1) is 20.2. The van der Waals surface area contributed by atoms with Gasteiger partial charge in [0.15, 0.2) is 0 Å². The lowest BCUT2D eigenvalue weighted by atomic mass is 9.89. The number of fused-ring (bicyclic) bond motifs is 1. The van der Waals surface area contributed by atoms with Gasteiger partial charge in [-0.25, -0.2) is 0 Å². The molecule has 1 aliphatic carbocycles. The highest BCUT2D eigenvalue weighted by atomic mass is 16.3. The van der Waals surface area contributed by atoms with Gasteiger partial charge in [0.25, 0.3) is 11.7 Å². The molecule has 1 atom stereocenters. The number of nitrogens with zero attached hydrogens (tertiary/aromatic N) is 2. The first-order chi connectivity index (χ1) is 15.5. The van der Waals surface area contributed by atoms with Crippen molar-refractivity contribution in [2.24, 2.45) is 0 Å². The molecule has 1 aliphatic heterocycles. The molecular weight excluding hydrogens is 400 g/mol. The van der Waals surface area contributed by atoms with E-state index in [-0.39, 0.29) is 11.3 Å². The molecule has 1 saturated heterocycles. The van der Waals surface area contributed by atoms with Gasteiger partial charge in [0, 0.05) is 23.6 Å². The number of carbonyl (C=O) groups excluding carboxylic acids is 2. The molecule has 0 saturated carbocycles. The average Bonchev–Trinajstić information content (AvgIpc) is 3.10. The number of benzene rings is 2. The maximum Gasteiger partial charge on any atom is 0.300 e. The Morgan fingerprint density at radius 3 is 2.34 bits per heavy atom. The van der Waals surface area contributed by atoms with Crippen LogP contribution in [0.5, 0.6) is 0 Å². The third-order valence-corrected chi connectivity index (χ3v) is 6.40. The Labute approximate surface area is 187 Å². The minimum absolute atomic E-state index is 0.109. The van der Waals surface area contributed by atoms with Crippen molar-refractivity contribution in [3.8, 4) is 0 Å². The van der Waals surface area contributed by atoms with Crippen molar-refractivity contribution in [1.82, 2.24) is 4.98 Å². The number of ketones is 1. The van der Waals surface area contributed by atoms with E-state index in [2.05, 4.69) is 4.98 Å². The standard InChI is InChI=1S/C27H24N2O3/c1-17-6-10-22(11-7-17)29-24(19-12-14-28-15-13-19)23(26(31)27(29)32)25(30)21-9-8-18-4-2-3-5-20(18)16-21/h6-16,24,30H,2-5H2,1H3/b25-23-. The van der Waals surface area contributed by atoms with Gasteiger partial charge in [-0.2, -0.15) is 0 Å². The van der Waals surface area contributed by atoms with Gasteiger partial charge in [-0.1, -0.05) is 29.8 Å². The van der Waals surface area contributed by atoms with E-state index in [4.69, 9.17) is 0 Å². The second-order valence-electron chi connectivity index (χ2n) is 8.48. The molecular formula is C27H24N2O3. The quantitative estimate of drug-likeness (QED) is 0.369. The van der Waals surface area contributed by atoms with Crippen LogP contribution in [-0.2, 0) is 22.4 Å². The van der Waals surface area contributed by atoms with Crippen LogP contribution in [0.2, 0.25) is 0 Å². The molecule has 1 fully saturated rings. The smallest absolute Gasteiger partial charge is 0.300 e. The Balaban J connectivity index is 1.68. The maximum atomic E-state index is 13.2. The molecule has 160 valence electrons. The van der Waals surface area contributed by atoms with Crippen molar-refractivity contribution in [1.29, 1.82) is 0 Å².